The molecule has 0 amide bonds. The molecule has 0 spiro atoms. The topological polar surface area (TPSA) is 26.3 Å². The van der Waals surface area contributed by atoms with Gasteiger partial charge < -0.3 is 4.74 Å². The first-order valence-corrected chi connectivity index (χ1v) is 5.04. The zero-order valence-corrected chi connectivity index (χ0v) is 8.49. The Hall–Kier alpha value is -1.31. The van der Waals surface area contributed by atoms with Crippen molar-refractivity contribution in [1.82, 2.24) is 0 Å². The Bertz CT molecular complexity index is 357. The first-order valence-electron chi connectivity index (χ1n) is 5.04. The lowest BCUT2D eigenvalue weighted by Crippen LogP contribution is -2.29. The first-order chi connectivity index (χ1) is 6.74. The summed E-state index contributed by atoms with van der Waals surface area (Å²) in [4.78, 5) is 11.5. The van der Waals surface area contributed by atoms with Gasteiger partial charge in [0.2, 0.25) is 0 Å². The summed E-state index contributed by atoms with van der Waals surface area (Å²) in [5.41, 5.74) is 1.87. The Kier molecular flexibility index (Phi) is 2.28. The van der Waals surface area contributed by atoms with Crippen molar-refractivity contribution in [3.8, 4) is 0 Å². The molecule has 0 bridgehead atoms. The fraction of sp³-hybridized carbons (Fsp3) is 0.417. The van der Waals surface area contributed by atoms with Crippen molar-refractivity contribution >= 4 is 5.97 Å². The van der Waals surface area contributed by atoms with Gasteiger partial charge in [-0.1, -0.05) is 25.1 Å². The van der Waals surface area contributed by atoms with E-state index in [1.807, 2.05) is 31.2 Å². The molecule has 1 heterocycles. The fourth-order valence-corrected chi connectivity index (χ4v) is 2.13. The molecule has 0 unspecified atom stereocenters. The Morgan fingerprint density at radius 1 is 1.36 bits per heavy atom. The molecule has 0 radical (unpaired) electrons. The fourth-order valence-electron chi connectivity index (χ4n) is 2.13. The predicted molar refractivity (Wildman–Crippen MR) is 54.4 cm³/mol. The Balaban J connectivity index is 2.50. The summed E-state index contributed by atoms with van der Waals surface area (Å²) in [6.45, 7) is 4.08. The van der Waals surface area contributed by atoms with Crippen molar-refractivity contribution in [3.05, 3.63) is 35.4 Å². The van der Waals surface area contributed by atoms with Gasteiger partial charge in [-0.15, -0.1) is 0 Å². The second-order valence-electron chi connectivity index (χ2n) is 3.71. The zero-order valence-electron chi connectivity index (χ0n) is 8.49. The molecular weight excluding hydrogens is 176 g/mol. The second kappa shape index (κ2) is 3.45. The first kappa shape index (κ1) is 9.25. The van der Waals surface area contributed by atoms with E-state index in [4.69, 9.17) is 4.74 Å². The zero-order chi connectivity index (χ0) is 10.1. The van der Waals surface area contributed by atoms with Crippen LogP contribution in [-0.4, -0.2) is 12.1 Å². The Morgan fingerprint density at radius 2 is 2.07 bits per heavy atom. The number of benzene rings is 1. The monoisotopic (exact) mass is 190 g/mol. The number of fused-ring (bicyclic) bond motifs is 1. The van der Waals surface area contributed by atoms with Crippen molar-refractivity contribution in [2.75, 3.05) is 0 Å². The van der Waals surface area contributed by atoms with Crippen molar-refractivity contribution in [1.29, 1.82) is 0 Å². The van der Waals surface area contributed by atoms with E-state index in [1.54, 1.807) is 0 Å². The molecule has 2 atom stereocenters. The molecule has 0 saturated carbocycles. The maximum absolute atomic E-state index is 11.5. The highest BCUT2D eigenvalue weighted by Gasteiger charge is 2.30. The molecule has 1 aliphatic heterocycles. The molecule has 2 heteroatoms. The smallest absolute Gasteiger partial charge is 0.338 e. The number of hydrogen-bond donors (Lipinski definition) is 0. The maximum atomic E-state index is 11.5. The van der Waals surface area contributed by atoms with Crippen LogP contribution in [0, 0.1) is 0 Å². The summed E-state index contributed by atoms with van der Waals surface area (Å²) < 4.78 is 5.28. The number of hydrogen-bond acceptors (Lipinski definition) is 2. The highest BCUT2D eigenvalue weighted by atomic mass is 16.5. The van der Waals surface area contributed by atoms with Gasteiger partial charge in [0.05, 0.1) is 5.56 Å². The van der Waals surface area contributed by atoms with Crippen LogP contribution in [0.3, 0.4) is 0 Å². The van der Waals surface area contributed by atoms with Crippen molar-refractivity contribution in [2.45, 2.75) is 32.3 Å². The molecule has 0 aromatic heterocycles. The minimum absolute atomic E-state index is 0.00222. The van der Waals surface area contributed by atoms with Gasteiger partial charge in [-0.25, -0.2) is 4.79 Å². The molecule has 2 nitrogen and oxygen atoms in total. The summed E-state index contributed by atoms with van der Waals surface area (Å²) in [6, 6.07) is 7.72. The molecule has 0 N–H and O–H groups in total. The lowest BCUT2D eigenvalue weighted by molar-refractivity contribution is 0.0221. The minimum Gasteiger partial charge on any atom is -0.458 e. The van der Waals surface area contributed by atoms with E-state index in [1.165, 1.54) is 0 Å². The third-order valence-corrected chi connectivity index (χ3v) is 2.88. The van der Waals surface area contributed by atoms with Gasteiger partial charge in [-0.2, -0.15) is 0 Å². The van der Waals surface area contributed by atoms with Crippen LogP contribution in [0.4, 0.5) is 0 Å². The van der Waals surface area contributed by atoms with Crippen LogP contribution in [0.2, 0.25) is 0 Å². The van der Waals surface area contributed by atoms with Crippen molar-refractivity contribution in [2.24, 2.45) is 0 Å². The van der Waals surface area contributed by atoms with E-state index < -0.39 is 0 Å². The molecular formula is C12H14O2. The van der Waals surface area contributed by atoms with Gasteiger partial charge in [0, 0.05) is 5.92 Å². The van der Waals surface area contributed by atoms with Gasteiger partial charge in [0.25, 0.3) is 0 Å². The lowest BCUT2D eigenvalue weighted by atomic mass is 9.86. The third kappa shape index (κ3) is 1.31. The van der Waals surface area contributed by atoms with E-state index in [9.17, 15) is 4.79 Å². The van der Waals surface area contributed by atoms with E-state index in [0.717, 1.165) is 17.5 Å². The van der Waals surface area contributed by atoms with Gasteiger partial charge in [0.15, 0.2) is 0 Å². The summed E-state index contributed by atoms with van der Waals surface area (Å²) in [7, 11) is 0. The summed E-state index contributed by atoms with van der Waals surface area (Å²) in [5.74, 6) is 0.168. The SMILES string of the molecule is CC[C@H]1c2ccccc2C(=O)O[C@H]1C. The van der Waals surface area contributed by atoms with E-state index in [-0.39, 0.29) is 12.1 Å². The van der Waals surface area contributed by atoms with Crippen molar-refractivity contribution < 1.29 is 9.53 Å². The van der Waals surface area contributed by atoms with Gasteiger partial charge in [-0.3, -0.25) is 0 Å². The number of cyclic esters (lactones) is 1. The van der Waals surface area contributed by atoms with Gasteiger partial charge in [0.1, 0.15) is 6.10 Å². The molecule has 1 aromatic carbocycles. The number of esters is 1. The average molecular weight is 190 g/mol. The average Bonchev–Trinajstić information content (AvgIpc) is 2.18. The molecule has 1 aliphatic rings. The third-order valence-electron chi connectivity index (χ3n) is 2.88. The predicted octanol–water partition coefficient (Wildman–Crippen LogP) is 2.74. The summed E-state index contributed by atoms with van der Waals surface area (Å²) in [5, 5.41) is 0. The normalized spacial score (nSPS) is 25.4. The van der Waals surface area contributed by atoms with Crippen LogP contribution in [0.15, 0.2) is 24.3 Å². The minimum atomic E-state index is -0.183. The molecule has 14 heavy (non-hydrogen) atoms. The van der Waals surface area contributed by atoms with Crippen LogP contribution in [0.5, 0.6) is 0 Å². The summed E-state index contributed by atoms with van der Waals surface area (Å²) in [6.07, 6.45) is 1.01. The quantitative estimate of drug-likeness (QED) is 0.636. The van der Waals surface area contributed by atoms with Crippen LogP contribution in [-0.2, 0) is 4.74 Å². The van der Waals surface area contributed by atoms with E-state index >= 15 is 0 Å². The molecule has 0 fully saturated rings. The van der Waals surface area contributed by atoms with E-state index in [0.29, 0.717) is 5.92 Å². The summed E-state index contributed by atoms with van der Waals surface area (Å²) >= 11 is 0. The van der Waals surface area contributed by atoms with Crippen LogP contribution in [0.25, 0.3) is 0 Å². The largest absolute Gasteiger partial charge is 0.458 e. The standard InChI is InChI=1S/C12H14O2/c1-3-9-8(2)14-12(13)11-7-5-4-6-10(9)11/h4-9H,3H2,1-2H3/t8-,9+/m0/s1. The van der Waals surface area contributed by atoms with Crippen molar-refractivity contribution in [3.63, 3.8) is 0 Å². The van der Waals surface area contributed by atoms with Crippen LogP contribution < -0.4 is 0 Å². The van der Waals surface area contributed by atoms with Gasteiger partial charge in [-0.05, 0) is 25.0 Å². The number of carbonyl (C=O) groups excluding carboxylic acids is 1. The molecule has 0 aliphatic carbocycles. The maximum Gasteiger partial charge on any atom is 0.338 e. The molecule has 74 valence electrons. The molecule has 1 aromatic rings. The number of ether oxygens (including phenoxy) is 1. The Morgan fingerprint density at radius 3 is 2.79 bits per heavy atom. The number of carbonyl (C=O) groups is 1. The molecule has 2 rings (SSSR count). The van der Waals surface area contributed by atoms with Gasteiger partial charge >= 0.3 is 5.97 Å². The Labute approximate surface area is 83.9 Å². The second-order valence-corrected chi connectivity index (χ2v) is 3.71. The van der Waals surface area contributed by atoms with Crippen LogP contribution >= 0.6 is 0 Å². The highest BCUT2D eigenvalue weighted by molar-refractivity contribution is 5.92. The number of rotatable bonds is 1. The molecule has 0 saturated heterocycles. The van der Waals surface area contributed by atoms with E-state index in [2.05, 4.69) is 6.92 Å². The lowest BCUT2D eigenvalue weighted by Gasteiger charge is -2.29. The van der Waals surface area contributed by atoms with Crippen LogP contribution in [0.1, 0.15) is 42.1 Å². The highest BCUT2D eigenvalue weighted by Crippen LogP contribution is 2.33.